The first-order valence-electron chi connectivity index (χ1n) is 9.10. The van der Waals surface area contributed by atoms with Crippen LogP contribution in [0.3, 0.4) is 0 Å². The summed E-state index contributed by atoms with van der Waals surface area (Å²) in [7, 11) is -2.34. The van der Waals surface area contributed by atoms with Crippen molar-refractivity contribution in [2.24, 2.45) is 0 Å². The van der Waals surface area contributed by atoms with E-state index >= 15 is 0 Å². The molecule has 0 radical (unpaired) electrons. The van der Waals surface area contributed by atoms with Gasteiger partial charge in [-0.25, -0.2) is 12.8 Å². The first kappa shape index (κ1) is 21.8. The van der Waals surface area contributed by atoms with Crippen molar-refractivity contribution in [1.29, 1.82) is 0 Å². The Morgan fingerprint density at radius 2 is 1.67 bits per heavy atom. The Bertz CT molecular complexity index is 1150. The number of hydrogen-bond donors (Lipinski definition) is 1. The second kappa shape index (κ2) is 8.85. The normalized spacial score (nSPS) is 12.3. The summed E-state index contributed by atoms with van der Waals surface area (Å²) >= 11 is 6.28. The molecule has 3 aromatic rings. The molecular weight excluding hydrogens is 427 g/mol. The average Bonchev–Trinajstić information content (AvgIpc) is 2.74. The number of anilines is 1. The Kier molecular flexibility index (Phi) is 6.43. The third-order valence-electron chi connectivity index (χ3n) is 4.68. The molecule has 30 heavy (non-hydrogen) atoms. The summed E-state index contributed by atoms with van der Waals surface area (Å²) in [6.45, 7) is 1.77. The van der Waals surface area contributed by atoms with Gasteiger partial charge in [-0.05, 0) is 55.0 Å². The number of rotatable bonds is 6. The van der Waals surface area contributed by atoms with E-state index in [1.165, 1.54) is 49.5 Å². The molecular formula is C22H20ClFN2O3S. The van der Waals surface area contributed by atoms with E-state index in [9.17, 15) is 17.6 Å². The number of benzene rings is 3. The van der Waals surface area contributed by atoms with E-state index < -0.39 is 15.9 Å². The van der Waals surface area contributed by atoms with Crippen LogP contribution in [0.15, 0.2) is 77.7 Å². The van der Waals surface area contributed by atoms with Crippen molar-refractivity contribution < 1.29 is 17.6 Å². The molecule has 1 unspecified atom stereocenters. The maximum absolute atomic E-state index is 13.1. The van der Waals surface area contributed by atoms with Crippen LogP contribution in [0.2, 0.25) is 5.02 Å². The first-order chi connectivity index (χ1) is 14.2. The highest BCUT2D eigenvalue weighted by molar-refractivity contribution is 7.92. The highest BCUT2D eigenvalue weighted by atomic mass is 35.5. The fourth-order valence-corrected chi connectivity index (χ4v) is 4.35. The lowest BCUT2D eigenvalue weighted by Crippen LogP contribution is -2.28. The molecule has 3 rings (SSSR count). The van der Waals surface area contributed by atoms with Crippen molar-refractivity contribution >= 4 is 33.2 Å². The standard InChI is InChI=1S/C22H20ClFN2O3S/c1-15(16-8-10-17(24)11-9-16)25-22(27)20-13-12-18(14-21(20)23)26(2)30(28,29)19-6-4-3-5-7-19/h3-15H,1-2H3,(H,25,27). The van der Waals surface area contributed by atoms with E-state index in [0.29, 0.717) is 5.69 Å². The van der Waals surface area contributed by atoms with Crippen molar-refractivity contribution in [3.05, 3.63) is 94.8 Å². The summed E-state index contributed by atoms with van der Waals surface area (Å²) in [5.74, 6) is -0.776. The van der Waals surface area contributed by atoms with Gasteiger partial charge in [0.1, 0.15) is 5.82 Å². The van der Waals surface area contributed by atoms with Gasteiger partial charge in [-0.15, -0.1) is 0 Å². The van der Waals surface area contributed by atoms with Gasteiger partial charge in [0.15, 0.2) is 0 Å². The zero-order valence-corrected chi connectivity index (χ0v) is 17.9. The molecule has 0 bridgehead atoms. The molecule has 1 N–H and O–H groups in total. The predicted octanol–water partition coefficient (Wildman–Crippen LogP) is 4.80. The van der Waals surface area contributed by atoms with Gasteiger partial charge >= 0.3 is 0 Å². The van der Waals surface area contributed by atoms with Gasteiger partial charge in [-0.2, -0.15) is 0 Å². The van der Waals surface area contributed by atoms with Crippen LogP contribution >= 0.6 is 11.6 Å². The second-order valence-electron chi connectivity index (χ2n) is 6.70. The van der Waals surface area contributed by atoms with Gasteiger partial charge in [0.05, 0.1) is 27.2 Å². The van der Waals surface area contributed by atoms with E-state index in [1.54, 1.807) is 37.3 Å². The molecule has 3 aromatic carbocycles. The molecule has 0 heterocycles. The second-order valence-corrected chi connectivity index (χ2v) is 9.07. The maximum Gasteiger partial charge on any atom is 0.264 e. The number of hydrogen-bond acceptors (Lipinski definition) is 3. The molecule has 1 amide bonds. The third kappa shape index (κ3) is 4.63. The summed E-state index contributed by atoms with van der Waals surface area (Å²) in [5.41, 5.74) is 1.28. The summed E-state index contributed by atoms with van der Waals surface area (Å²) in [6.07, 6.45) is 0. The fraction of sp³-hybridized carbons (Fsp3) is 0.136. The number of carbonyl (C=O) groups excluding carboxylic acids is 1. The number of sulfonamides is 1. The van der Waals surface area contributed by atoms with Gasteiger partial charge in [-0.3, -0.25) is 9.10 Å². The van der Waals surface area contributed by atoms with Crippen LogP contribution in [-0.2, 0) is 10.0 Å². The Balaban J connectivity index is 1.79. The molecule has 0 spiro atoms. The SMILES string of the molecule is CC(NC(=O)c1ccc(N(C)S(=O)(=O)c2ccccc2)cc1Cl)c1ccc(F)cc1. The van der Waals surface area contributed by atoms with Crippen LogP contribution in [0.5, 0.6) is 0 Å². The van der Waals surface area contributed by atoms with Gasteiger partial charge < -0.3 is 5.32 Å². The van der Waals surface area contributed by atoms with E-state index in [-0.39, 0.29) is 27.3 Å². The number of carbonyl (C=O) groups is 1. The molecule has 0 aliphatic heterocycles. The minimum Gasteiger partial charge on any atom is -0.345 e. The monoisotopic (exact) mass is 446 g/mol. The maximum atomic E-state index is 13.1. The number of amides is 1. The van der Waals surface area contributed by atoms with Gasteiger partial charge in [0.2, 0.25) is 0 Å². The molecule has 0 saturated carbocycles. The molecule has 0 aromatic heterocycles. The Hall–Kier alpha value is -2.90. The molecule has 5 nitrogen and oxygen atoms in total. The topological polar surface area (TPSA) is 66.5 Å². The van der Waals surface area contributed by atoms with Crippen molar-refractivity contribution in [3.8, 4) is 0 Å². The molecule has 0 fully saturated rings. The number of nitrogens with one attached hydrogen (secondary N) is 1. The first-order valence-corrected chi connectivity index (χ1v) is 10.9. The average molecular weight is 447 g/mol. The predicted molar refractivity (Wildman–Crippen MR) is 116 cm³/mol. The van der Waals surface area contributed by atoms with Gasteiger partial charge in [0.25, 0.3) is 15.9 Å². The summed E-state index contributed by atoms with van der Waals surface area (Å²) in [6, 6.07) is 17.9. The molecule has 0 saturated heterocycles. The Morgan fingerprint density at radius 1 is 1.03 bits per heavy atom. The van der Waals surface area contributed by atoms with Crippen molar-refractivity contribution in [1.82, 2.24) is 5.32 Å². The lowest BCUT2D eigenvalue weighted by Gasteiger charge is -2.21. The van der Waals surface area contributed by atoms with Crippen LogP contribution in [0, 0.1) is 5.82 Å². The van der Waals surface area contributed by atoms with Gasteiger partial charge in [0, 0.05) is 7.05 Å². The summed E-state index contributed by atoms with van der Waals surface area (Å²) in [4.78, 5) is 12.8. The molecule has 0 aliphatic rings. The molecule has 1 atom stereocenters. The number of nitrogens with zero attached hydrogens (tertiary/aromatic N) is 1. The minimum absolute atomic E-state index is 0.117. The zero-order chi connectivity index (χ0) is 21.9. The fourth-order valence-electron chi connectivity index (χ4n) is 2.88. The zero-order valence-electron chi connectivity index (χ0n) is 16.3. The Labute approximate surface area is 180 Å². The van der Waals surface area contributed by atoms with E-state index in [4.69, 9.17) is 11.6 Å². The molecule has 0 aliphatic carbocycles. The quantitative estimate of drug-likeness (QED) is 0.591. The lowest BCUT2D eigenvalue weighted by molar-refractivity contribution is 0.0940. The van der Waals surface area contributed by atoms with Crippen LogP contribution in [0.4, 0.5) is 10.1 Å². The Morgan fingerprint density at radius 3 is 2.27 bits per heavy atom. The highest BCUT2D eigenvalue weighted by Crippen LogP contribution is 2.27. The molecule has 8 heteroatoms. The van der Waals surface area contributed by atoms with E-state index in [0.717, 1.165) is 9.87 Å². The van der Waals surface area contributed by atoms with Gasteiger partial charge in [-0.1, -0.05) is 41.9 Å². The third-order valence-corrected chi connectivity index (χ3v) is 6.79. The van der Waals surface area contributed by atoms with Crippen LogP contribution < -0.4 is 9.62 Å². The van der Waals surface area contributed by atoms with Crippen molar-refractivity contribution in [2.45, 2.75) is 17.9 Å². The van der Waals surface area contributed by atoms with E-state index in [1.807, 2.05) is 0 Å². The lowest BCUT2D eigenvalue weighted by atomic mass is 10.1. The van der Waals surface area contributed by atoms with Crippen molar-refractivity contribution in [2.75, 3.05) is 11.4 Å². The smallest absolute Gasteiger partial charge is 0.264 e. The largest absolute Gasteiger partial charge is 0.345 e. The van der Waals surface area contributed by atoms with E-state index in [2.05, 4.69) is 5.32 Å². The summed E-state index contributed by atoms with van der Waals surface area (Å²) < 4.78 is 39.7. The number of halogens is 2. The summed E-state index contributed by atoms with van der Waals surface area (Å²) in [5, 5.41) is 2.92. The van der Waals surface area contributed by atoms with Crippen LogP contribution in [0.25, 0.3) is 0 Å². The minimum atomic E-state index is -3.76. The molecule has 156 valence electrons. The van der Waals surface area contributed by atoms with Crippen LogP contribution in [0.1, 0.15) is 28.9 Å². The van der Waals surface area contributed by atoms with Crippen molar-refractivity contribution in [3.63, 3.8) is 0 Å². The highest BCUT2D eigenvalue weighted by Gasteiger charge is 2.22. The van der Waals surface area contributed by atoms with Crippen LogP contribution in [-0.4, -0.2) is 21.4 Å².